The van der Waals surface area contributed by atoms with E-state index in [1.54, 1.807) is 0 Å². The first kappa shape index (κ1) is 7.70. The molecule has 0 aromatic heterocycles. The Balaban J connectivity index is 3.88. The van der Waals surface area contributed by atoms with Gasteiger partial charge in [0.15, 0.2) is 0 Å². The van der Waals surface area contributed by atoms with Crippen molar-refractivity contribution in [2.75, 3.05) is 7.11 Å². The van der Waals surface area contributed by atoms with E-state index in [0.717, 1.165) is 0 Å². The van der Waals surface area contributed by atoms with Crippen LogP contribution in [0.15, 0.2) is 0 Å². The predicted octanol–water partition coefficient (Wildman–Crippen LogP) is -0.248. The van der Waals surface area contributed by atoms with Gasteiger partial charge in [-0.25, -0.2) is 4.79 Å². The molecule has 0 bridgehead atoms. The first-order valence-electron chi connectivity index (χ1n) is 2.27. The zero-order valence-electron chi connectivity index (χ0n) is 5.22. The van der Waals surface area contributed by atoms with Crippen LogP contribution in [0.25, 0.3) is 0 Å². The fourth-order valence-electron chi connectivity index (χ4n) is 0.190. The lowest BCUT2D eigenvalue weighted by atomic mass is 10.4. The van der Waals surface area contributed by atoms with E-state index in [2.05, 4.69) is 4.74 Å². The first-order chi connectivity index (χ1) is 4.16. The summed E-state index contributed by atoms with van der Waals surface area (Å²) in [5.41, 5.74) is 0. The standard InChI is InChI=1S/C6H6O3/c1-5(7)3-4-6(8)9-2/h1-2H3. The van der Waals surface area contributed by atoms with Gasteiger partial charge >= 0.3 is 5.97 Å². The van der Waals surface area contributed by atoms with Gasteiger partial charge in [0.05, 0.1) is 7.11 Å². The molecule has 0 aromatic carbocycles. The van der Waals surface area contributed by atoms with Crippen LogP contribution in [-0.4, -0.2) is 18.9 Å². The Hall–Kier alpha value is -1.30. The van der Waals surface area contributed by atoms with Crippen molar-refractivity contribution in [1.82, 2.24) is 0 Å². The topological polar surface area (TPSA) is 43.4 Å². The fraction of sp³-hybridized carbons (Fsp3) is 0.333. The molecule has 0 aliphatic carbocycles. The zero-order chi connectivity index (χ0) is 7.28. The second-order valence-corrected chi connectivity index (χ2v) is 1.30. The number of methoxy groups -OCH3 is 1. The quantitative estimate of drug-likeness (QED) is 0.194. The van der Waals surface area contributed by atoms with Gasteiger partial charge in [0.1, 0.15) is 0 Å². The highest BCUT2D eigenvalue weighted by Gasteiger charge is 1.88. The second kappa shape index (κ2) is 3.67. The molecule has 0 fully saturated rings. The van der Waals surface area contributed by atoms with Gasteiger partial charge in [-0.3, -0.25) is 4.79 Å². The van der Waals surface area contributed by atoms with E-state index in [4.69, 9.17) is 0 Å². The monoisotopic (exact) mass is 126 g/mol. The Morgan fingerprint density at radius 3 is 2.22 bits per heavy atom. The zero-order valence-corrected chi connectivity index (χ0v) is 5.22. The molecule has 0 aliphatic heterocycles. The number of Topliss-reactive ketones (excluding diaryl/α,β-unsaturated/α-hetero) is 1. The molecule has 48 valence electrons. The number of ether oxygens (including phenoxy) is 1. The van der Waals surface area contributed by atoms with Crippen molar-refractivity contribution in [2.24, 2.45) is 0 Å². The molecule has 0 unspecified atom stereocenters. The number of esters is 1. The van der Waals surface area contributed by atoms with Gasteiger partial charge in [-0.05, 0) is 5.92 Å². The van der Waals surface area contributed by atoms with Crippen LogP contribution in [-0.2, 0) is 14.3 Å². The van der Waals surface area contributed by atoms with Gasteiger partial charge in [-0.15, -0.1) is 0 Å². The van der Waals surface area contributed by atoms with Crippen LogP contribution in [0, 0.1) is 11.8 Å². The van der Waals surface area contributed by atoms with Crippen LogP contribution in [0.3, 0.4) is 0 Å². The SMILES string of the molecule is COC(=O)C#CC(C)=O. The normalized spacial score (nSPS) is 6.89. The van der Waals surface area contributed by atoms with E-state index < -0.39 is 5.97 Å². The van der Waals surface area contributed by atoms with Crippen molar-refractivity contribution in [3.05, 3.63) is 0 Å². The number of ketones is 1. The number of hydrogen-bond donors (Lipinski definition) is 0. The maximum absolute atomic E-state index is 10.2. The molecule has 3 heteroatoms. The highest BCUT2D eigenvalue weighted by molar-refractivity contribution is 6.00. The summed E-state index contributed by atoms with van der Waals surface area (Å²) < 4.78 is 4.14. The number of carbonyl (C=O) groups excluding carboxylic acids is 2. The van der Waals surface area contributed by atoms with Crippen molar-refractivity contribution >= 4 is 11.8 Å². The van der Waals surface area contributed by atoms with Gasteiger partial charge in [0.25, 0.3) is 0 Å². The molecule has 0 spiro atoms. The second-order valence-electron chi connectivity index (χ2n) is 1.30. The van der Waals surface area contributed by atoms with Crippen molar-refractivity contribution in [3.63, 3.8) is 0 Å². The molecule has 0 amide bonds. The molecule has 0 radical (unpaired) electrons. The number of hydrogen-bond acceptors (Lipinski definition) is 3. The largest absolute Gasteiger partial charge is 0.459 e. The predicted molar refractivity (Wildman–Crippen MR) is 30.5 cm³/mol. The Bertz CT molecular complexity index is 182. The molecule has 9 heavy (non-hydrogen) atoms. The summed E-state index contributed by atoms with van der Waals surface area (Å²) in [7, 11) is 1.21. The third kappa shape index (κ3) is 4.56. The highest BCUT2D eigenvalue weighted by Crippen LogP contribution is 1.68. The van der Waals surface area contributed by atoms with Crippen LogP contribution < -0.4 is 0 Å². The smallest absolute Gasteiger partial charge is 0.384 e. The van der Waals surface area contributed by atoms with Crippen molar-refractivity contribution in [3.8, 4) is 11.8 Å². The van der Waals surface area contributed by atoms with E-state index in [-0.39, 0.29) is 5.78 Å². The minimum atomic E-state index is -0.690. The molecule has 3 nitrogen and oxygen atoms in total. The molecule has 0 aromatic rings. The first-order valence-corrected chi connectivity index (χ1v) is 2.27. The van der Waals surface area contributed by atoms with Crippen molar-refractivity contribution in [2.45, 2.75) is 6.92 Å². The molecule has 0 atom stereocenters. The lowest BCUT2D eigenvalue weighted by Crippen LogP contribution is -1.95. The fourth-order valence-corrected chi connectivity index (χ4v) is 0.190. The molecule has 0 saturated heterocycles. The molecule has 0 saturated carbocycles. The summed E-state index contributed by atoms with van der Waals surface area (Å²) in [6, 6.07) is 0. The van der Waals surface area contributed by atoms with Crippen LogP contribution in [0.4, 0.5) is 0 Å². The van der Waals surface area contributed by atoms with E-state index in [9.17, 15) is 9.59 Å². The lowest BCUT2D eigenvalue weighted by molar-refractivity contribution is -0.133. The van der Waals surface area contributed by atoms with Crippen LogP contribution >= 0.6 is 0 Å². The van der Waals surface area contributed by atoms with Crippen LogP contribution in [0.5, 0.6) is 0 Å². The average Bonchev–Trinajstić information content (AvgIpc) is 1.83. The summed E-state index contributed by atoms with van der Waals surface area (Å²) in [5.74, 6) is 2.97. The number of rotatable bonds is 0. The molecular formula is C6H6O3. The maximum Gasteiger partial charge on any atom is 0.384 e. The molecule has 0 rings (SSSR count). The minimum absolute atomic E-state index is 0.347. The van der Waals surface area contributed by atoms with Gasteiger partial charge in [-0.1, -0.05) is 0 Å². The van der Waals surface area contributed by atoms with Gasteiger partial charge < -0.3 is 4.74 Å². The summed E-state index contributed by atoms with van der Waals surface area (Å²) in [4.78, 5) is 20.3. The van der Waals surface area contributed by atoms with E-state index >= 15 is 0 Å². The van der Waals surface area contributed by atoms with Crippen molar-refractivity contribution in [1.29, 1.82) is 0 Å². The summed E-state index contributed by atoms with van der Waals surface area (Å²) in [6.07, 6.45) is 0. The summed E-state index contributed by atoms with van der Waals surface area (Å²) >= 11 is 0. The Labute approximate surface area is 53.0 Å². The third-order valence-corrected chi connectivity index (χ3v) is 0.526. The Kier molecular flexibility index (Phi) is 3.14. The van der Waals surface area contributed by atoms with E-state index in [1.807, 2.05) is 11.8 Å². The molecule has 0 aliphatic rings. The maximum atomic E-state index is 10.2. The Morgan fingerprint density at radius 1 is 1.33 bits per heavy atom. The summed E-state index contributed by atoms with van der Waals surface area (Å²) in [6.45, 7) is 1.27. The number of carbonyl (C=O) groups is 2. The Morgan fingerprint density at radius 2 is 1.89 bits per heavy atom. The van der Waals surface area contributed by atoms with E-state index in [1.165, 1.54) is 14.0 Å². The van der Waals surface area contributed by atoms with Gasteiger partial charge in [0, 0.05) is 12.8 Å². The van der Waals surface area contributed by atoms with Crippen LogP contribution in [0.1, 0.15) is 6.92 Å². The van der Waals surface area contributed by atoms with Gasteiger partial charge in [0.2, 0.25) is 5.78 Å². The van der Waals surface area contributed by atoms with Gasteiger partial charge in [-0.2, -0.15) is 0 Å². The molecule has 0 heterocycles. The molecule has 0 N–H and O–H groups in total. The summed E-state index contributed by atoms with van der Waals surface area (Å²) in [5, 5.41) is 0. The lowest BCUT2D eigenvalue weighted by Gasteiger charge is -1.81. The third-order valence-electron chi connectivity index (χ3n) is 0.526. The average molecular weight is 126 g/mol. The van der Waals surface area contributed by atoms with E-state index in [0.29, 0.717) is 0 Å². The van der Waals surface area contributed by atoms with Crippen molar-refractivity contribution < 1.29 is 14.3 Å². The molecular weight excluding hydrogens is 120 g/mol. The highest BCUT2D eigenvalue weighted by atomic mass is 16.5. The van der Waals surface area contributed by atoms with Crippen LogP contribution in [0.2, 0.25) is 0 Å². The minimum Gasteiger partial charge on any atom is -0.459 e.